The molecule has 1 aromatic carbocycles. The van der Waals surface area contributed by atoms with Gasteiger partial charge in [0, 0.05) is 53.9 Å². The van der Waals surface area contributed by atoms with Gasteiger partial charge in [0.15, 0.2) is 11.6 Å². The topological polar surface area (TPSA) is 104 Å². The number of hydrogen-bond donors (Lipinski definition) is 2. The molecule has 0 aliphatic heterocycles. The molecule has 0 saturated heterocycles. The van der Waals surface area contributed by atoms with Crippen molar-refractivity contribution in [2.75, 3.05) is 14.1 Å². The average molecular weight is 468 g/mol. The summed E-state index contributed by atoms with van der Waals surface area (Å²) in [5, 5.41) is 8.14. The van der Waals surface area contributed by atoms with Gasteiger partial charge in [0.2, 0.25) is 0 Å². The molecule has 0 fully saturated rings. The molecule has 0 bridgehead atoms. The summed E-state index contributed by atoms with van der Waals surface area (Å²) in [5.74, 6) is 0.887. The van der Waals surface area contributed by atoms with E-state index in [0.29, 0.717) is 46.0 Å². The number of fused-ring (bicyclic) bond motifs is 2. The van der Waals surface area contributed by atoms with E-state index in [4.69, 9.17) is 4.98 Å². The van der Waals surface area contributed by atoms with E-state index >= 15 is 4.39 Å². The molecule has 0 unspecified atom stereocenters. The molecule has 5 aromatic heterocycles. The summed E-state index contributed by atoms with van der Waals surface area (Å²) in [7, 11) is 3.97. The quantitative estimate of drug-likeness (QED) is 0.393. The molecule has 10 heteroatoms. The molecule has 0 atom stereocenters. The molecule has 0 spiro atoms. The monoisotopic (exact) mass is 467 g/mol. The van der Waals surface area contributed by atoms with Gasteiger partial charge in [0.05, 0.1) is 16.7 Å². The van der Waals surface area contributed by atoms with E-state index < -0.39 is 0 Å². The second kappa shape index (κ2) is 8.10. The molecule has 2 N–H and O–H groups in total. The Kier molecular flexibility index (Phi) is 4.89. The van der Waals surface area contributed by atoms with Gasteiger partial charge in [-0.1, -0.05) is 0 Å². The maximum absolute atomic E-state index is 15.1. The molecular formula is C25H22FN9. The summed E-state index contributed by atoms with van der Waals surface area (Å²) in [6.45, 7) is 2.64. The summed E-state index contributed by atoms with van der Waals surface area (Å²) < 4.78 is 16.9. The Morgan fingerprint density at radius 1 is 1.09 bits per heavy atom. The van der Waals surface area contributed by atoms with Crippen LogP contribution in [-0.2, 0) is 6.54 Å². The van der Waals surface area contributed by atoms with Crippen LogP contribution in [-0.4, -0.2) is 58.7 Å². The van der Waals surface area contributed by atoms with Gasteiger partial charge >= 0.3 is 0 Å². The third kappa shape index (κ3) is 3.73. The number of nitrogens with zero attached hydrogens (tertiary/aromatic N) is 7. The minimum atomic E-state index is -0.344. The molecule has 0 aliphatic rings. The molecular weight excluding hydrogens is 445 g/mol. The van der Waals surface area contributed by atoms with Gasteiger partial charge in [0.1, 0.15) is 23.4 Å². The third-order valence-corrected chi connectivity index (χ3v) is 5.82. The third-order valence-electron chi connectivity index (χ3n) is 5.82. The van der Waals surface area contributed by atoms with E-state index in [0.717, 1.165) is 22.2 Å². The van der Waals surface area contributed by atoms with Gasteiger partial charge in [-0.2, -0.15) is 5.10 Å². The van der Waals surface area contributed by atoms with E-state index in [1.807, 2.05) is 48.8 Å². The van der Waals surface area contributed by atoms with Gasteiger partial charge in [-0.3, -0.25) is 14.6 Å². The molecule has 9 nitrogen and oxygen atoms in total. The minimum Gasteiger partial charge on any atom is -0.336 e. The molecule has 0 aliphatic carbocycles. The fraction of sp³-hybridized carbons (Fsp3) is 0.160. The standard InChI is InChI=1S/C25H22FN9/c1-14-11-35(13-29-14)25-23-20(4-5-28-25)30-24(31-23)22-18-7-17(19(26)8-21(18)32-33-22)16-6-15(9-27-10-16)12-34(2)3/h4-11,13H,12H2,1-3H3,(H,30,31)(H,32,33). The highest BCUT2D eigenvalue weighted by molar-refractivity contribution is 5.96. The van der Waals surface area contributed by atoms with Crippen molar-refractivity contribution in [3.05, 3.63) is 72.5 Å². The first-order valence-electron chi connectivity index (χ1n) is 11.1. The van der Waals surface area contributed by atoms with Crippen molar-refractivity contribution in [3.63, 3.8) is 0 Å². The van der Waals surface area contributed by atoms with Crippen molar-refractivity contribution < 1.29 is 4.39 Å². The number of aromatic amines is 2. The van der Waals surface area contributed by atoms with Crippen LogP contribution in [0.4, 0.5) is 4.39 Å². The van der Waals surface area contributed by atoms with Gasteiger partial charge in [-0.15, -0.1) is 0 Å². The van der Waals surface area contributed by atoms with Crippen LogP contribution in [0, 0.1) is 12.7 Å². The van der Waals surface area contributed by atoms with Gasteiger partial charge in [0.25, 0.3) is 0 Å². The zero-order valence-electron chi connectivity index (χ0n) is 19.4. The SMILES string of the molecule is Cc1cn(-c2nccc3[nH]c(-c4n[nH]c5cc(F)c(-c6cncc(CN(C)C)c6)cc45)nc23)cn1. The predicted molar refractivity (Wildman–Crippen MR) is 131 cm³/mol. The number of hydrogen-bond acceptors (Lipinski definition) is 6. The second-order valence-corrected chi connectivity index (χ2v) is 8.81. The van der Waals surface area contributed by atoms with E-state index in [1.165, 1.54) is 6.07 Å². The highest BCUT2D eigenvalue weighted by atomic mass is 19.1. The van der Waals surface area contributed by atoms with Crippen LogP contribution >= 0.6 is 0 Å². The van der Waals surface area contributed by atoms with Crippen molar-refractivity contribution in [2.24, 2.45) is 0 Å². The van der Waals surface area contributed by atoms with Crippen LogP contribution in [0.25, 0.3) is 50.4 Å². The lowest BCUT2D eigenvalue weighted by Gasteiger charge is -2.11. The van der Waals surface area contributed by atoms with E-state index in [-0.39, 0.29) is 5.82 Å². The Morgan fingerprint density at radius 2 is 1.97 bits per heavy atom. The lowest BCUT2D eigenvalue weighted by atomic mass is 10.0. The first kappa shape index (κ1) is 21.1. The smallest absolute Gasteiger partial charge is 0.166 e. The molecule has 6 rings (SSSR count). The van der Waals surface area contributed by atoms with Gasteiger partial charge in [-0.25, -0.2) is 19.3 Å². The molecule has 174 valence electrons. The van der Waals surface area contributed by atoms with Crippen LogP contribution in [0.15, 0.2) is 55.4 Å². The summed E-state index contributed by atoms with van der Waals surface area (Å²) in [6, 6.07) is 7.08. The summed E-state index contributed by atoms with van der Waals surface area (Å²) in [5.41, 5.74) is 5.76. The van der Waals surface area contributed by atoms with Gasteiger partial charge in [-0.05, 0) is 44.8 Å². The number of nitrogens with one attached hydrogen (secondary N) is 2. The van der Waals surface area contributed by atoms with Crippen molar-refractivity contribution in [1.82, 2.24) is 44.6 Å². The Balaban J connectivity index is 1.48. The zero-order valence-corrected chi connectivity index (χ0v) is 19.4. The summed E-state index contributed by atoms with van der Waals surface area (Å²) >= 11 is 0. The largest absolute Gasteiger partial charge is 0.336 e. The number of imidazole rings is 2. The first-order chi connectivity index (χ1) is 17.0. The fourth-order valence-corrected chi connectivity index (χ4v) is 4.29. The molecule has 35 heavy (non-hydrogen) atoms. The van der Waals surface area contributed by atoms with Crippen LogP contribution in [0.3, 0.4) is 0 Å². The second-order valence-electron chi connectivity index (χ2n) is 8.81. The average Bonchev–Trinajstić information content (AvgIpc) is 3.55. The first-order valence-corrected chi connectivity index (χ1v) is 11.1. The Bertz CT molecular complexity index is 1690. The molecule has 6 aromatic rings. The number of benzene rings is 1. The Hall–Kier alpha value is -4.44. The number of pyridine rings is 2. The molecule has 0 amide bonds. The van der Waals surface area contributed by atoms with Crippen molar-refractivity contribution in [1.29, 1.82) is 0 Å². The summed E-state index contributed by atoms with van der Waals surface area (Å²) in [4.78, 5) is 23.3. The van der Waals surface area contributed by atoms with Crippen molar-refractivity contribution in [2.45, 2.75) is 13.5 Å². The number of aryl methyl sites for hydroxylation is 1. The Morgan fingerprint density at radius 3 is 2.77 bits per heavy atom. The molecule has 0 radical (unpaired) electrons. The highest BCUT2D eigenvalue weighted by Gasteiger charge is 2.18. The predicted octanol–water partition coefficient (Wildman–Crippen LogP) is 4.26. The van der Waals surface area contributed by atoms with E-state index in [1.54, 1.807) is 31.0 Å². The van der Waals surface area contributed by atoms with E-state index in [9.17, 15) is 0 Å². The maximum Gasteiger partial charge on any atom is 0.166 e. The van der Waals surface area contributed by atoms with Crippen LogP contribution < -0.4 is 0 Å². The number of halogens is 1. The maximum atomic E-state index is 15.1. The number of aromatic nitrogens is 8. The minimum absolute atomic E-state index is 0.344. The summed E-state index contributed by atoms with van der Waals surface area (Å²) in [6.07, 6.45) is 8.80. The van der Waals surface area contributed by atoms with Crippen LogP contribution in [0.1, 0.15) is 11.3 Å². The number of rotatable bonds is 5. The zero-order chi connectivity index (χ0) is 24.1. The molecule has 5 heterocycles. The number of H-pyrrole nitrogens is 2. The molecule has 0 saturated carbocycles. The highest BCUT2D eigenvalue weighted by Crippen LogP contribution is 2.33. The van der Waals surface area contributed by atoms with Crippen molar-refractivity contribution in [3.8, 4) is 28.5 Å². The van der Waals surface area contributed by atoms with E-state index in [2.05, 4.69) is 30.1 Å². The van der Waals surface area contributed by atoms with Gasteiger partial charge < -0.3 is 9.88 Å². The van der Waals surface area contributed by atoms with Crippen LogP contribution in [0.2, 0.25) is 0 Å². The normalized spacial score (nSPS) is 11.8. The lowest BCUT2D eigenvalue weighted by Crippen LogP contribution is -2.10. The Labute approximate surface area is 199 Å². The lowest BCUT2D eigenvalue weighted by molar-refractivity contribution is 0.402. The van der Waals surface area contributed by atoms with Crippen LogP contribution in [0.5, 0.6) is 0 Å². The fourth-order valence-electron chi connectivity index (χ4n) is 4.29. The van der Waals surface area contributed by atoms with Crippen molar-refractivity contribution >= 4 is 21.9 Å².